The van der Waals surface area contributed by atoms with E-state index in [-0.39, 0.29) is 0 Å². The first-order valence-electron chi connectivity index (χ1n) is 3.82. The molecule has 0 fully saturated rings. The van der Waals surface area contributed by atoms with Crippen LogP contribution in [0.5, 0.6) is 5.75 Å². The Morgan fingerprint density at radius 2 is 1.87 bits per heavy atom. The molecule has 0 aliphatic rings. The van der Waals surface area contributed by atoms with Gasteiger partial charge < -0.3 is 4.74 Å². The van der Waals surface area contributed by atoms with Gasteiger partial charge >= 0.3 is 6.36 Å². The fraction of sp³-hybridized carbons (Fsp3) is 0.222. The minimum atomic E-state index is -4.90. The molecule has 0 aliphatic carbocycles. The van der Waals surface area contributed by atoms with Gasteiger partial charge in [-0.2, -0.15) is 0 Å². The van der Waals surface area contributed by atoms with Crippen molar-refractivity contribution in [2.45, 2.75) is 12.5 Å². The normalized spacial score (nSPS) is 13.7. The molecule has 1 aromatic carbocycles. The van der Waals surface area contributed by atoms with Crippen LogP contribution in [0.15, 0.2) is 18.2 Å². The lowest BCUT2D eigenvalue weighted by Crippen LogP contribution is -2.17. The number of hydrogen-bond acceptors (Lipinski definition) is 1. The summed E-state index contributed by atoms with van der Waals surface area (Å²) in [6.45, 7) is 2.90. The highest BCUT2D eigenvalue weighted by molar-refractivity contribution is 5.30. The molecular formula is C9H6F5O. The van der Waals surface area contributed by atoms with E-state index in [1.54, 1.807) is 0 Å². The molecular weight excluding hydrogens is 219 g/mol. The molecule has 1 rings (SSSR count). The van der Waals surface area contributed by atoms with Crippen molar-refractivity contribution in [1.29, 1.82) is 0 Å². The Morgan fingerprint density at radius 3 is 2.27 bits per heavy atom. The van der Waals surface area contributed by atoms with Crippen LogP contribution in [0.25, 0.3) is 0 Å². The minimum absolute atomic E-state index is 0.412. The summed E-state index contributed by atoms with van der Waals surface area (Å²) in [6, 6.07) is 2.14. The predicted molar refractivity (Wildman–Crippen MR) is 42.3 cm³/mol. The highest BCUT2D eigenvalue weighted by Gasteiger charge is 2.31. The molecule has 0 bridgehead atoms. The van der Waals surface area contributed by atoms with Crippen molar-refractivity contribution in [3.63, 3.8) is 0 Å². The van der Waals surface area contributed by atoms with Crippen molar-refractivity contribution in [3.8, 4) is 5.75 Å². The number of hydrogen-bond donors (Lipinski definition) is 0. The lowest BCUT2D eigenvalue weighted by Gasteiger charge is -2.10. The van der Waals surface area contributed by atoms with Crippen LogP contribution >= 0.6 is 0 Å². The van der Waals surface area contributed by atoms with Crippen LogP contribution < -0.4 is 4.74 Å². The van der Waals surface area contributed by atoms with Crippen LogP contribution in [0, 0.1) is 12.7 Å². The molecule has 1 atom stereocenters. The van der Waals surface area contributed by atoms with Gasteiger partial charge in [-0.15, -0.1) is 13.2 Å². The predicted octanol–water partition coefficient (Wildman–Crippen LogP) is 3.57. The standard InChI is InChI=1S/C9H6F5O/c1-5(10)7-3-2-6(4-8(7)11)15-9(12,13)14/h2-5H,1H2. The zero-order valence-electron chi connectivity index (χ0n) is 7.31. The Labute approximate surface area is 82.5 Å². The van der Waals surface area contributed by atoms with Gasteiger partial charge in [0.2, 0.25) is 0 Å². The summed E-state index contributed by atoms with van der Waals surface area (Å²) in [6.07, 6.45) is -6.72. The first-order chi connectivity index (χ1) is 6.79. The first-order valence-corrected chi connectivity index (χ1v) is 3.82. The Morgan fingerprint density at radius 1 is 1.27 bits per heavy atom. The maximum Gasteiger partial charge on any atom is 0.573 e. The molecule has 0 saturated heterocycles. The molecule has 15 heavy (non-hydrogen) atoms. The molecule has 0 heterocycles. The molecule has 1 nitrogen and oxygen atoms in total. The Kier molecular flexibility index (Phi) is 3.16. The summed E-state index contributed by atoms with van der Waals surface area (Å²) in [7, 11) is 0. The van der Waals surface area contributed by atoms with Gasteiger partial charge in [-0.3, -0.25) is 0 Å². The molecule has 83 valence electrons. The monoisotopic (exact) mass is 225 g/mol. The van der Waals surface area contributed by atoms with Crippen LogP contribution in [-0.4, -0.2) is 6.36 Å². The van der Waals surface area contributed by atoms with E-state index < -0.39 is 29.7 Å². The zero-order valence-corrected chi connectivity index (χ0v) is 7.31. The van der Waals surface area contributed by atoms with Crippen molar-refractivity contribution in [2.24, 2.45) is 0 Å². The van der Waals surface area contributed by atoms with E-state index in [0.29, 0.717) is 6.07 Å². The number of halogens is 5. The summed E-state index contributed by atoms with van der Waals surface area (Å²) >= 11 is 0. The van der Waals surface area contributed by atoms with Crippen molar-refractivity contribution in [3.05, 3.63) is 36.5 Å². The average Bonchev–Trinajstić information content (AvgIpc) is 1.99. The summed E-state index contributed by atoms with van der Waals surface area (Å²) in [5.74, 6) is -1.86. The maximum atomic E-state index is 12.9. The number of benzene rings is 1. The molecule has 0 spiro atoms. The number of ether oxygens (including phenoxy) is 1. The van der Waals surface area contributed by atoms with Gasteiger partial charge in [0, 0.05) is 11.6 Å². The molecule has 0 N–H and O–H groups in total. The highest BCUT2D eigenvalue weighted by atomic mass is 19.4. The van der Waals surface area contributed by atoms with E-state index in [0.717, 1.165) is 12.1 Å². The fourth-order valence-corrected chi connectivity index (χ4v) is 0.959. The summed E-state index contributed by atoms with van der Waals surface area (Å²) in [5.41, 5.74) is -0.412. The smallest absolute Gasteiger partial charge is 0.406 e. The topological polar surface area (TPSA) is 9.23 Å². The van der Waals surface area contributed by atoms with Crippen molar-refractivity contribution in [1.82, 2.24) is 0 Å². The molecule has 1 radical (unpaired) electrons. The summed E-state index contributed by atoms with van der Waals surface area (Å²) in [4.78, 5) is 0. The van der Waals surface area contributed by atoms with E-state index in [2.05, 4.69) is 11.7 Å². The van der Waals surface area contributed by atoms with Crippen LogP contribution in [-0.2, 0) is 0 Å². The average molecular weight is 225 g/mol. The molecule has 0 aliphatic heterocycles. The van der Waals surface area contributed by atoms with Gasteiger partial charge in [-0.1, -0.05) is 0 Å². The van der Waals surface area contributed by atoms with E-state index in [4.69, 9.17) is 0 Å². The Hall–Kier alpha value is -1.33. The van der Waals surface area contributed by atoms with Crippen LogP contribution in [0.3, 0.4) is 0 Å². The van der Waals surface area contributed by atoms with Crippen molar-refractivity contribution >= 4 is 0 Å². The van der Waals surface area contributed by atoms with Gasteiger partial charge in [-0.05, 0) is 19.1 Å². The minimum Gasteiger partial charge on any atom is -0.406 e. The van der Waals surface area contributed by atoms with Crippen LogP contribution in [0.4, 0.5) is 22.0 Å². The third kappa shape index (κ3) is 3.38. The molecule has 6 heteroatoms. The van der Waals surface area contributed by atoms with Gasteiger partial charge in [0.1, 0.15) is 17.7 Å². The number of rotatable bonds is 2. The third-order valence-corrected chi connectivity index (χ3v) is 1.54. The Balaban J connectivity index is 2.92. The van der Waals surface area contributed by atoms with Gasteiger partial charge in [0.05, 0.1) is 0 Å². The Bertz CT molecular complexity index is 345. The lowest BCUT2D eigenvalue weighted by molar-refractivity contribution is -0.274. The third-order valence-electron chi connectivity index (χ3n) is 1.54. The van der Waals surface area contributed by atoms with E-state index in [1.807, 2.05) is 0 Å². The SMILES string of the molecule is [CH2]C(F)c1ccc(OC(F)(F)F)cc1F. The molecule has 0 amide bonds. The largest absolute Gasteiger partial charge is 0.573 e. The fourth-order valence-electron chi connectivity index (χ4n) is 0.959. The second-order valence-electron chi connectivity index (χ2n) is 2.70. The van der Waals surface area contributed by atoms with Gasteiger partial charge in [-0.25, -0.2) is 8.78 Å². The maximum absolute atomic E-state index is 12.9. The van der Waals surface area contributed by atoms with E-state index in [1.165, 1.54) is 0 Å². The molecule has 1 aromatic rings. The second-order valence-corrected chi connectivity index (χ2v) is 2.70. The van der Waals surface area contributed by atoms with Crippen molar-refractivity contribution < 1.29 is 26.7 Å². The molecule has 0 saturated carbocycles. The highest BCUT2D eigenvalue weighted by Crippen LogP contribution is 2.27. The van der Waals surface area contributed by atoms with E-state index >= 15 is 0 Å². The quantitative estimate of drug-likeness (QED) is 0.699. The van der Waals surface area contributed by atoms with Gasteiger partial charge in [0.25, 0.3) is 0 Å². The summed E-state index contributed by atoms with van der Waals surface area (Å²) in [5, 5.41) is 0. The zero-order chi connectivity index (χ0) is 11.6. The first kappa shape index (κ1) is 11.7. The van der Waals surface area contributed by atoms with E-state index in [9.17, 15) is 22.0 Å². The second kappa shape index (κ2) is 4.04. The lowest BCUT2D eigenvalue weighted by atomic mass is 10.1. The molecule has 0 aromatic heterocycles. The van der Waals surface area contributed by atoms with Crippen LogP contribution in [0.2, 0.25) is 0 Å². The van der Waals surface area contributed by atoms with Crippen molar-refractivity contribution in [2.75, 3.05) is 0 Å². The summed E-state index contributed by atoms with van der Waals surface area (Å²) < 4.78 is 64.0. The van der Waals surface area contributed by atoms with Gasteiger partial charge in [0.15, 0.2) is 0 Å². The van der Waals surface area contributed by atoms with Crippen LogP contribution in [0.1, 0.15) is 11.7 Å². The number of alkyl halides is 4. The molecule has 1 unspecified atom stereocenters.